The predicted octanol–water partition coefficient (Wildman–Crippen LogP) is 5.59. The Morgan fingerprint density at radius 1 is 1.09 bits per heavy atom. The molecule has 1 amide bonds. The topological polar surface area (TPSA) is 67.4 Å². The van der Waals surface area contributed by atoms with E-state index in [9.17, 15) is 22.2 Å². The van der Waals surface area contributed by atoms with E-state index in [0.717, 1.165) is 18.2 Å². The Kier molecular flexibility index (Phi) is 7.15. The van der Waals surface area contributed by atoms with E-state index in [1.165, 1.54) is 12.1 Å². The van der Waals surface area contributed by atoms with Crippen molar-refractivity contribution in [3.05, 3.63) is 87.4 Å². The summed E-state index contributed by atoms with van der Waals surface area (Å²) < 4.78 is 54.3. The Balaban J connectivity index is 1.79. The lowest BCUT2D eigenvalue weighted by molar-refractivity contribution is -0.269. The molecule has 0 aromatic heterocycles. The molecule has 3 aromatic rings. The van der Waals surface area contributed by atoms with E-state index in [0.29, 0.717) is 27.7 Å². The number of hydrogen-bond donors (Lipinski definition) is 2. The molecule has 0 saturated heterocycles. The van der Waals surface area contributed by atoms with Crippen LogP contribution in [-0.4, -0.2) is 34.8 Å². The first kappa shape index (κ1) is 25.5. The lowest BCUT2D eigenvalue weighted by Gasteiger charge is -2.28. The van der Waals surface area contributed by atoms with Crippen molar-refractivity contribution in [2.45, 2.75) is 11.8 Å². The van der Waals surface area contributed by atoms with E-state index in [-0.39, 0.29) is 33.8 Å². The average molecular weight is 543 g/mol. The summed E-state index contributed by atoms with van der Waals surface area (Å²) in [6, 6.07) is 13.6. The minimum Gasteiger partial charge on any atom is -0.351 e. The van der Waals surface area contributed by atoms with Gasteiger partial charge in [-0.15, -0.1) is 0 Å². The van der Waals surface area contributed by atoms with Crippen LogP contribution in [-0.2, 0) is 21.2 Å². The molecule has 1 aliphatic heterocycles. The molecule has 5 nitrogen and oxygen atoms in total. The summed E-state index contributed by atoms with van der Waals surface area (Å²) in [4.78, 5) is 17.9. The molecule has 2 unspecified atom stereocenters. The predicted molar refractivity (Wildman–Crippen MR) is 132 cm³/mol. The number of hydrogen-bond acceptors (Lipinski definition) is 4. The highest BCUT2D eigenvalue weighted by Gasteiger charge is 2.59. The summed E-state index contributed by atoms with van der Waals surface area (Å²) >= 11 is 11.9. The van der Waals surface area contributed by atoms with Gasteiger partial charge in [-0.3, -0.25) is 19.3 Å². The zero-order chi connectivity index (χ0) is 25.4. The number of carbonyl (C=O) groups is 1. The standard InChI is InChI=1S/C24H19Cl2F3N2O3S/c1-35(33)9-8-30-22(32)20-7-6-19(17-4-2-3-5-18(17)20)21-13-23(34-31-21,24(27,28)29)14-10-15(25)12-16(26)11-14/h2-7,10-13,31H,8-9H2,1H3,(H,30,32). The molecular formula is C24H19Cl2F3N2O3S. The number of carbonyl (C=O) groups excluding carboxylic acids is 1. The lowest BCUT2D eigenvalue weighted by Crippen LogP contribution is -2.42. The molecule has 1 heterocycles. The number of hydroxylamine groups is 1. The van der Waals surface area contributed by atoms with E-state index in [2.05, 4.69) is 10.8 Å². The summed E-state index contributed by atoms with van der Waals surface area (Å²) in [6.07, 6.45) is -2.36. The van der Waals surface area contributed by atoms with Crippen LogP contribution in [0.1, 0.15) is 21.5 Å². The summed E-state index contributed by atoms with van der Waals surface area (Å²) in [5, 5.41) is 3.87. The van der Waals surface area contributed by atoms with Gasteiger partial charge in [-0.05, 0) is 41.1 Å². The first-order valence-electron chi connectivity index (χ1n) is 10.3. The van der Waals surface area contributed by atoms with E-state index in [1.54, 1.807) is 36.6 Å². The van der Waals surface area contributed by atoms with Crippen LogP contribution in [0, 0.1) is 0 Å². The van der Waals surface area contributed by atoms with Gasteiger partial charge in [-0.25, -0.2) is 0 Å². The van der Waals surface area contributed by atoms with E-state index in [4.69, 9.17) is 28.0 Å². The van der Waals surface area contributed by atoms with E-state index >= 15 is 0 Å². The molecule has 2 N–H and O–H groups in total. The van der Waals surface area contributed by atoms with Crippen LogP contribution in [0.4, 0.5) is 13.2 Å². The fraction of sp³-hybridized carbons (Fsp3) is 0.208. The molecule has 3 aromatic carbocycles. The van der Waals surface area contributed by atoms with Crippen molar-refractivity contribution in [1.29, 1.82) is 0 Å². The van der Waals surface area contributed by atoms with Crippen LogP contribution >= 0.6 is 23.2 Å². The van der Waals surface area contributed by atoms with Crippen molar-refractivity contribution in [3.8, 4) is 0 Å². The summed E-state index contributed by atoms with van der Waals surface area (Å²) in [7, 11) is -1.06. The smallest absolute Gasteiger partial charge is 0.351 e. The molecule has 0 bridgehead atoms. The maximum atomic E-state index is 14.3. The lowest BCUT2D eigenvalue weighted by atomic mass is 9.90. The van der Waals surface area contributed by atoms with Crippen molar-refractivity contribution in [1.82, 2.24) is 10.8 Å². The normalized spacial score (nSPS) is 18.7. The number of fused-ring (bicyclic) bond motifs is 1. The molecule has 2 atom stereocenters. The number of benzene rings is 3. The Hall–Kier alpha value is -2.59. The minimum absolute atomic E-state index is 0.0364. The van der Waals surface area contributed by atoms with Gasteiger partial charge in [-0.1, -0.05) is 53.5 Å². The second-order valence-electron chi connectivity index (χ2n) is 7.89. The molecule has 0 radical (unpaired) electrons. The van der Waals surface area contributed by atoms with Gasteiger partial charge < -0.3 is 5.32 Å². The quantitative estimate of drug-likeness (QED) is 0.426. The van der Waals surface area contributed by atoms with Crippen LogP contribution in [0.5, 0.6) is 0 Å². The Labute approximate surface area is 211 Å². The van der Waals surface area contributed by atoms with Crippen LogP contribution in [0.2, 0.25) is 10.0 Å². The van der Waals surface area contributed by atoms with Gasteiger partial charge in [-0.2, -0.15) is 13.2 Å². The van der Waals surface area contributed by atoms with Crippen LogP contribution < -0.4 is 10.8 Å². The number of amides is 1. The van der Waals surface area contributed by atoms with Gasteiger partial charge >= 0.3 is 6.18 Å². The molecule has 184 valence electrons. The molecule has 1 aliphatic rings. The first-order chi connectivity index (χ1) is 16.5. The zero-order valence-electron chi connectivity index (χ0n) is 18.2. The van der Waals surface area contributed by atoms with Gasteiger partial charge in [0.05, 0.1) is 5.70 Å². The van der Waals surface area contributed by atoms with Crippen LogP contribution in [0.15, 0.2) is 60.7 Å². The third-order valence-corrected chi connectivity index (χ3v) is 6.73. The molecule has 35 heavy (non-hydrogen) atoms. The highest BCUT2D eigenvalue weighted by atomic mass is 35.5. The number of nitrogens with one attached hydrogen (secondary N) is 2. The molecule has 11 heteroatoms. The number of alkyl halides is 3. The highest BCUT2D eigenvalue weighted by molar-refractivity contribution is 7.84. The van der Waals surface area contributed by atoms with Crippen molar-refractivity contribution in [3.63, 3.8) is 0 Å². The third kappa shape index (κ3) is 5.04. The van der Waals surface area contributed by atoms with Gasteiger partial charge in [0.25, 0.3) is 5.91 Å². The van der Waals surface area contributed by atoms with E-state index < -0.39 is 22.6 Å². The van der Waals surface area contributed by atoms with Crippen molar-refractivity contribution in [2.24, 2.45) is 0 Å². The molecule has 4 rings (SSSR count). The second-order valence-corrected chi connectivity index (χ2v) is 10.3. The summed E-state index contributed by atoms with van der Waals surface area (Å²) in [6.45, 7) is 0.231. The Morgan fingerprint density at radius 2 is 1.74 bits per heavy atom. The maximum Gasteiger partial charge on any atom is 0.428 e. The van der Waals surface area contributed by atoms with Crippen LogP contribution in [0.25, 0.3) is 16.5 Å². The molecule has 0 fully saturated rings. The molecule has 0 aliphatic carbocycles. The van der Waals surface area contributed by atoms with Crippen molar-refractivity contribution < 1.29 is 27.0 Å². The Morgan fingerprint density at radius 3 is 2.37 bits per heavy atom. The highest BCUT2D eigenvalue weighted by Crippen LogP contribution is 2.48. The van der Waals surface area contributed by atoms with Gasteiger partial charge in [0.2, 0.25) is 5.60 Å². The van der Waals surface area contributed by atoms with Crippen molar-refractivity contribution in [2.75, 3.05) is 18.6 Å². The zero-order valence-corrected chi connectivity index (χ0v) is 20.5. The van der Waals surface area contributed by atoms with E-state index in [1.807, 2.05) is 0 Å². The molecule has 0 saturated carbocycles. The van der Waals surface area contributed by atoms with Crippen LogP contribution in [0.3, 0.4) is 0 Å². The minimum atomic E-state index is -4.84. The fourth-order valence-corrected chi connectivity index (χ4v) is 4.80. The number of rotatable bonds is 6. The monoisotopic (exact) mass is 542 g/mol. The fourth-order valence-electron chi connectivity index (χ4n) is 3.88. The SMILES string of the molecule is CS(=O)CCNC(=O)c1ccc(C2=CC(c3cc(Cl)cc(Cl)c3)(C(F)(F)F)ON2)c2ccccc12. The molecular weight excluding hydrogens is 524 g/mol. The summed E-state index contributed by atoms with van der Waals surface area (Å²) in [5.41, 5.74) is 0.130. The average Bonchev–Trinajstić information content (AvgIpc) is 3.24. The van der Waals surface area contributed by atoms with Gasteiger partial charge in [0, 0.05) is 56.1 Å². The van der Waals surface area contributed by atoms with Crippen molar-refractivity contribution >= 4 is 56.4 Å². The third-order valence-electron chi connectivity index (χ3n) is 5.52. The largest absolute Gasteiger partial charge is 0.428 e. The Bertz CT molecular complexity index is 1340. The van der Waals surface area contributed by atoms with Gasteiger partial charge in [0.1, 0.15) is 0 Å². The van der Waals surface area contributed by atoms with Gasteiger partial charge in [0.15, 0.2) is 0 Å². The number of halogens is 5. The first-order valence-corrected chi connectivity index (χ1v) is 12.8. The maximum absolute atomic E-state index is 14.3. The summed E-state index contributed by atoms with van der Waals surface area (Å²) in [5.74, 6) is -0.0656. The second kappa shape index (κ2) is 9.81. The molecule has 0 spiro atoms.